The number of nitrogens with zero attached hydrogens (tertiary/aromatic N) is 2. The highest BCUT2D eigenvalue weighted by Gasteiger charge is 2.09. The molecule has 0 atom stereocenters. The van der Waals surface area contributed by atoms with Gasteiger partial charge < -0.3 is 9.30 Å². The van der Waals surface area contributed by atoms with Gasteiger partial charge in [-0.25, -0.2) is 4.98 Å². The van der Waals surface area contributed by atoms with E-state index in [4.69, 9.17) is 4.74 Å². The van der Waals surface area contributed by atoms with Gasteiger partial charge in [-0.3, -0.25) is 4.79 Å². The van der Waals surface area contributed by atoms with Crippen LogP contribution < -0.4 is 4.74 Å². The molecule has 16 heavy (non-hydrogen) atoms. The third kappa shape index (κ3) is 1.69. The van der Waals surface area contributed by atoms with Crippen LogP contribution in [0.3, 0.4) is 0 Å². The molecule has 0 aliphatic rings. The van der Waals surface area contributed by atoms with Gasteiger partial charge in [0.15, 0.2) is 6.29 Å². The van der Waals surface area contributed by atoms with Crippen molar-refractivity contribution in [3.05, 3.63) is 36.3 Å². The van der Waals surface area contributed by atoms with Crippen molar-refractivity contribution >= 4 is 6.29 Å². The topological polar surface area (TPSA) is 44.1 Å². The van der Waals surface area contributed by atoms with Gasteiger partial charge in [0.05, 0.1) is 19.1 Å². The fourth-order valence-electron chi connectivity index (χ4n) is 1.55. The van der Waals surface area contributed by atoms with E-state index in [1.165, 1.54) is 0 Å². The van der Waals surface area contributed by atoms with Crippen LogP contribution in [0, 0.1) is 0 Å². The summed E-state index contributed by atoms with van der Waals surface area (Å²) in [4.78, 5) is 15.1. The van der Waals surface area contributed by atoms with Crippen molar-refractivity contribution in [2.75, 3.05) is 7.11 Å². The molecule has 0 saturated carbocycles. The van der Waals surface area contributed by atoms with E-state index in [9.17, 15) is 4.79 Å². The van der Waals surface area contributed by atoms with Crippen LogP contribution in [-0.2, 0) is 7.05 Å². The van der Waals surface area contributed by atoms with Gasteiger partial charge in [-0.1, -0.05) is 0 Å². The molecule has 82 valence electrons. The Hall–Kier alpha value is -2.10. The fraction of sp³-hybridized carbons (Fsp3) is 0.167. The monoisotopic (exact) mass is 216 g/mol. The maximum absolute atomic E-state index is 10.9. The lowest BCUT2D eigenvalue weighted by Gasteiger charge is -2.02. The van der Waals surface area contributed by atoms with Crippen molar-refractivity contribution in [3.8, 4) is 17.0 Å². The number of carbonyl (C=O) groups excluding carboxylic acids is 1. The van der Waals surface area contributed by atoms with Gasteiger partial charge in [0, 0.05) is 12.6 Å². The quantitative estimate of drug-likeness (QED) is 0.736. The minimum absolute atomic E-state index is 0.574. The Morgan fingerprint density at radius 2 is 2.00 bits per heavy atom. The smallest absolute Gasteiger partial charge is 0.168 e. The average molecular weight is 216 g/mol. The molecule has 0 bridgehead atoms. The zero-order valence-corrected chi connectivity index (χ0v) is 9.18. The Kier molecular flexibility index (Phi) is 2.72. The van der Waals surface area contributed by atoms with E-state index in [2.05, 4.69) is 4.98 Å². The largest absolute Gasteiger partial charge is 0.497 e. The lowest BCUT2D eigenvalue weighted by Crippen LogP contribution is -1.94. The van der Waals surface area contributed by atoms with Crippen LogP contribution in [-0.4, -0.2) is 22.9 Å². The fourth-order valence-corrected chi connectivity index (χ4v) is 1.55. The van der Waals surface area contributed by atoms with Gasteiger partial charge in [0.2, 0.25) is 0 Å². The van der Waals surface area contributed by atoms with Gasteiger partial charge in [-0.05, 0) is 24.3 Å². The molecule has 0 unspecified atom stereocenters. The molecule has 0 radical (unpaired) electrons. The number of benzene rings is 1. The van der Waals surface area contributed by atoms with Gasteiger partial charge in [-0.2, -0.15) is 0 Å². The second kappa shape index (κ2) is 4.18. The Bertz CT molecular complexity index is 500. The average Bonchev–Trinajstić information content (AvgIpc) is 2.70. The lowest BCUT2D eigenvalue weighted by molar-refractivity contribution is 0.111. The van der Waals surface area contributed by atoms with Crippen LogP contribution in [0.5, 0.6) is 5.75 Å². The SMILES string of the molecule is COc1ccc(-c2ncn(C)c2C=O)cc1. The number of carbonyl (C=O) groups is 1. The standard InChI is InChI=1S/C12H12N2O2/c1-14-8-13-12(11(14)7-15)9-3-5-10(16-2)6-4-9/h3-8H,1-2H3. The third-order valence-corrected chi connectivity index (χ3v) is 2.46. The van der Waals surface area contributed by atoms with Crippen LogP contribution in [0.25, 0.3) is 11.3 Å². The number of imidazole rings is 1. The van der Waals surface area contributed by atoms with Crippen molar-refractivity contribution in [2.24, 2.45) is 7.05 Å². The number of aldehydes is 1. The summed E-state index contributed by atoms with van der Waals surface area (Å²) in [5.74, 6) is 0.785. The molecule has 1 aromatic carbocycles. The van der Waals surface area contributed by atoms with Crippen LogP contribution in [0.4, 0.5) is 0 Å². The highest BCUT2D eigenvalue weighted by Crippen LogP contribution is 2.23. The molecular weight excluding hydrogens is 204 g/mol. The van der Waals surface area contributed by atoms with E-state index >= 15 is 0 Å². The molecule has 4 heteroatoms. The van der Waals surface area contributed by atoms with E-state index in [1.807, 2.05) is 24.3 Å². The molecule has 0 fully saturated rings. The first-order chi connectivity index (χ1) is 7.76. The number of methoxy groups -OCH3 is 1. The Balaban J connectivity index is 2.46. The number of aromatic nitrogens is 2. The van der Waals surface area contributed by atoms with Crippen molar-refractivity contribution in [2.45, 2.75) is 0 Å². The minimum Gasteiger partial charge on any atom is -0.497 e. The number of ether oxygens (including phenoxy) is 1. The predicted molar refractivity (Wildman–Crippen MR) is 60.6 cm³/mol. The number of aryl methyl sites for hydroxylation is 1. The molecule has 0 aliphatic heterocycles. The Morgan fingerprint density at radius 3 is 2.56 bits per heavy atom. The highest BCUT2D eigenvalue weighted by molar-refractivity contribution is 5.83. The maximum atomic E-state index is 10.9. The summed E-state index contributed by atoms with van der Waals surface area (Å²) in [6, 6.07) is 7.46. The van der Waals surface area contributed by atoms with E-state index in [0.717, 1.165) is 17.6 Å². The van der Waals surface area contributed by atoms with Crippen LogP contribution >= 0.6 is 0 Å². The molecule has 0 spiro atoms. The van der Waals surface area contributed by atoms with Crippen LogP contribution in [0.15, 0.2) is 30.6 Å². The molecule has 0 aliphatic carbocycles. The molecule has 0 N–H and O–H groups in total. The number of rotatable bonds is 3. The maximum Gasteiger partial charge on any atom is 0.168 e. The summed E-state index contributed by atoms with van der Waals surface area (Å²) in [5.41, 5.74) is 2.17. The second-order valence-corrected chi connectivity index (χ2v) is 3.44. The van der Waals surface area contributed by atoms with Gasteiger partial charge in [0.25, 0.3) is 0 Å². The first kappa shape index (κ1) is 10.4. The van der Waals surface area contributed by atoms with E-state index in [1.54, 1.807) is 25.1 Å². The normalized spacial score (nSPS) is 10.1. The third-order valence-electron chi connectivity index (χ3n) is 2.46. The molecule has 0 saturated heterocycles. The Morgan fingerprint density at radius 1 is 1.31 bits per heavy atom. The van der Waals surface area contributed by atoms with E-state index in [0.29, 0.717) is 11.4 Å². The molecule has 0 amide bonds. The van der Waals surface area contributed by atoms with E-state index < -0.39 is 0 Å². The van der Waals surface area contributed by atoms with Crippen molar-refractivity contribution in [1.29, 1.82) is 0 Å². The van der Waals surface area contributed by atoms with Gasteiger partial charge in [-0.15, -0.1) is 0 Å². The summed E-state index contributed by atoms with van der Waals surface area (Å²) < 4.78 is 6.77. The summed E-state index contributed by atoms with van der Waals surface area (Å²) >= 11 is 0. The zero-order valence-electron chi connectivity index (χ0n) is 9.18. The molecule has 2 aromatic rings. The first-order valence-electron chi connectivity index (χ1n) is 4.87. The minimum atomic E-state index is 0.574. The Labute approximate surface area is 93.5 Å². The summed E-state index contributed by atoms with van der Waals surface area (Å²) in [7, 11) is 3.41. The molecule has 2 rings (SSSR count). The summed E-state index contributed by atoms with van der Waals surface area (Å²) in [5, 5.41) is 0. The number of hydrogen-bond acceptors (Lipinski definition) is 3. The highest BCUT2D eigenvalue weighted by atomic mass is 16.5. The molecule has 1 heterocycles. The van der Waals surface area contributed by atoms with Crippen molar-refractivity contribution in [1.82, 2.24) is 9.55 Å². The summed E-state index contributed by atoms with van der Waals surface area (Å²) in [6.45, 7) is 0. The molecular formula is C12H12N2O2. The summed E-state index contributed by atoms with van der Waals surface area (Å²) in [6.07, 6.45) is 2.44. The lowest BCUT2D eigenvalue weighted by atomic mass is 10.1. The van der Waals surface area contributed by atoms with E-state index in [-0.39, 0.29) is 0 Å². The van der Waals surface area contributed by atoms with Crippen LogP contribution in [0.1, 0.15) is 10.5 Å². The van der Waals surface area contributed by atoms with Crippen molar-refractivity contribution in [3.63, 3.8) is 0 Å². The first-order valence-corrected chi connectivity index (χ1v) is 4.87. The van der Waals surface area contributed by atoms with Gasteiger partial charge >= 0.3 is 0 Å². The number of hydrogen-bond donors (Lipinski definition) is 0. The van der Waals surface area contributed by atoms with Crippen molar-refractivity contribution < 1.29 is 9.53 Å². The second-order valence-electron chi connectivity index (χ2n) is 3.44. The molecule has 4 nitrogen and oxygen atoms in total. The molecule has 1 aromatic heterocycles. The zero-order chi connectivity index (χ0) is 11.5. The van der Waals surface area contributed by atoms with Crippen LogP contribution in [0.2, 0.25) is 0 Å². The van der Waals surface area contributed by atoms with Gasteiger partial charge in [0.1, 0.15) is 11.4 Å². The predicted octanol–water partition coefficient (Wildman–Crippen LogP) is 1.91.